The lowest BCUT2D eigenvalue weighted by molar-refractivity contribution is 1.27. The van der Waals surface area contributed by atoms with Crippen LogP contribution in [-0.2, 0) is 0 Å². The molecule has 3 nitrogen and oxygen atoms in total. The number of hydrogen-bond donors (Lipinski definition) is 1. The van der Waals surface area contributed by atoms with Crippen molar-refractivity contribution in [1.29, 1.82) is 0 Å². The van der Waals surface area contributed by atoms with Gasteiger partial charge in [-0.05, 0) is 17.5 Å². The molecule has 1 atom stereocenters. The highest BCUT2D eigenvalue weighted by atomic mass is 31.0. The molecule has 0 aliphatic carbocycles. The normalized spacial score (nSPS) is 10.4. The third-order valence-electron chi connectivity index (χ3n) is 1.72. The van der Waals surface area contributed by atoms with Crippen molar-refractivity contribution in [1.82, 2.24) is 9.97 Å². The van der Waals surface area contributed by atoms with Gasteiger partial charge in [0.2, 0.25) is 0 Å². The van der Waals surface area contributed by atoms with Gasteiger partial charge >= 0.3 is 0 Å². The topological polar surface area (TPSA) is 45.8 Å². The van der Waals surface area contributed by atoms with Crippen molar-refractivity contribution in [3.8, 4) is 0 Å². The minimum atomic E-state index is -0.0920. The molecule has 0 amide bonds. The summed E-state index contributed by atoms with van der Waals surface area (Å²) < 4.78 is 0. The Hall–Kier alpha value is -1.21. The Bertz CT molecular complexity index is 472. The molecule has 0 radical (unpaired) electrons. The second kappa shape index (κ2) is 2.68. The quantitative estimate of drug-likeness (QED) is 0.594. The van der Waals surface area contributed by atoms with E-state index in [1.54, 1.807) is 12.4 Å². The molecular formula is C8H7N2OP. The first-order valence-electron chi connectivity index (χ1n) is 3.51. The van der Waals surface area contributed by atoms with Crippen molar-refractivity contribution >= 4 is 25.4 Å². The van der Waals surface area contributed by atoms with Crippen LogP contribution < -0.4 is 11.0 Å². The molecular weight excluding hydrogens is 171 g/mol. The predicted octanol–water partition coefficient (Wildman–Crippen LogP) is 0.423. The van der Waals surface area contributed by atoms with Crippen molar-refractivity contribution in [3.05, 3.63) is 34.9 Å². The van der Waals surface area contributed by atoms with Crippen LogP contribution >= 0.6 is 9.24 Å². The summed E-state index contributed by atoms with van der Waals surface area (Å²) >= 11 is 0. The Kier molecular flexibility index (Phi) is 1.66. The Balaban J connectivity index is 3.07. The van der Waals surface area contributed by atoms with Crippen LogP contribution in [0.4, 0.5) is 0 Å². The molecule has 0 fully saturated rings. The highest BCUT2D eigenvalue weighted by Crippen LogP contribution is 2.05. The van der Waals surface area contributed by atoms with E-state index in [2.05, 4.69) is 19.2 Å². The lowest BCUT2D eigenvalue weighted by Gasteiger charge is -1.97. The molecule has 2 aromatic rings. The molecule has 60 valence electrons. The summed E-state index contributed by atoms with van der Waals surface area (Å²) in [6.07, 6.45) is 3.32. The zero-order valence-corrected chi connectivity index (χ0v) is 7.40. The molecule has 0 saturated heterocycles. The third-order valence-corrected chi connectivity index (χ3v) is 2.15. The summed E-state index contributed by atoms with van der Waals surface area (Å²) in [6.45, 7) is 0. The minimum absolute atomic E-state index is 0.0920. The average Bonchev–Trinajstić information content (AvgIpc) is 2.04. The van der Waals surface area contributed by atoms with Crippen LogP contribution in [0.3, 0.4) is 0 Å². The molecule has 2 aromatic heterocycles. The fourth-order valence-corrected chi connectivity index (χ4v) is 1.54. The maximum Gasteiger partial charge on any atom is 0.258 e. The van der Waals surface area contributed by atoms with E-state index in [9.17, 15) is 4.79 Å². The molecule has 0 bridgehead atoms. The van der Waals surface area contributed by atoms with E-state index in [0.717, 1.165) is 5.39 Å². The van der Waals surface area contributed by atoms with Crippen LogP contribution in [0.5, 0.6) is 0 Å². The van der Waals surface area contributed by atoms with Gasteiger partial charge in [0.05, 0.1) is 10.8 Å². The number of fused-ring (bicyclic) bond motifs is 1. The zero-order chi connectivity index (χ0) is 8.55. The fourth-order valence-electron chi connectivity index (χ4n) is 1.16. The number of H-pyrrole nitrogens is 1. The van der Waals surface area contributed by atoms with E-state index in [1.807, 2.05) is 12.1 Å². The number of nitrogens with zero attached hydrogens (tertiary/aromatic N) is 1. The number of aromatic nitrogens is 2. The average molecular weight is 178 g/mol. The number of nitrogens with one attached hydrogen (secondary N) is 1. The molecule has 2 rings (SSSR count). The van der Waals surface area contributed by atoms with Gasteiger partial charge in [0.1, 0.15) is 0 Å². The summed E-state index contributed by atoms with van der Waals surface area (Å²) in [6, 6.07) is 3.67. The summed E-state index contributed by atoms with van der Waals surface area (Å²) in [4.78, 5) is 17.9. The monoisotopic (exact) mass is 178 g/mol. The molecule has 1 N–H and O–H groups in total. The molecule has 2 heterocycles. The second-order valence-electron chi connectivity index (χ2n) is 2.47. The number of aromatic amines is 1. The van der Waals surface area contributed by atoms with Gasteiger partial charge in [0.25, 0.3) is 5.56 Å². The third kappa shape index (κ3) is 1.03. The molecule has 1 unspecified atom stereocenters. The molecule has 12 heavy (non-hydrogen) atoms. The smallest absolute Gasteiger partial charge is 0.258 e. The van der Waals surface area contributed by atoms with E-state index in [-0.39, 0.29) is 5.56 Å². The van der Waals surface area contributed by atoms with Crippen LogP contribution in [-0.4, -0.2) is 9.97 Å². The summed E-state index contributed by atoms with van der Waals surface area (Å²) in [5.41, 5.74) is 0.597. The van der Waals surface area contributed by atoms with E-state index in [4.69, 9.17) is 0 Å². The highest BCUT2D eigenvalue weighted by molar-refractivity contribution is 7.27. The SMILES string of the molecule is O=c1[nH]ccc2ccnc(P)c12. The van der Waals surface area contributed by atoms with E-state index < -0.39 is 0 Å². The Morgan fingerprint density at radius 2 is 2.25 bits per heavy atom. The summed E-state index contributed by atoms with van der Waals surface area (Å²) in [5, 5.41) is 1.56. The lowest BCUT2D eigenvalue weighted by Crippen LogP contribution is -2.13. The van der Waals surface area contributed by atoms with Crippen LogP contribution in [0.2, 0.25) is 0 Å². The standard InChI is InChI=1S/C8H7N2OP/c11-7-6-5(1-3-9-7)2-4-10-8(6)12/h1-4H,12H2,(H,9,11). The largest absolute Gasteiger partial charge is 0.328 e. The Morgan fingerprint density at radius 1 is 1.42 bits per heavy atom. The van der Waals surface area contributed by atoms with E-state index in [1.165, 1.54) is 0 Å². The molecule has 0 saturated carbocycles. The van der Waals surface area contributed by atoms with Crippen LogP contribution in [0.25, 0.3) is 10.8 Å². The Morgan fingerprint density at radius 3 is 3.00 bits per heavy atom. The highest BCUT2D eigenvalue weighted by Gasteiger charge is 2.00. The van der Waals surface area contributed by atoms with Gasteiger partial charge < -0.3 is 4.98 Å². The molecule has 0 aliphatic heterocycles. The van der Waals surface area contributed by atoms with Crippen molar-refractivity contribution in [3.63, 3.8) is 0 Å². The summed E-state index contributed by atoms with van der Waals surface area (Å²) in [7, 11) is 2.45. The van der Waals surface area contributed by atoms with Gasteiger partial charge in [-0.3, -0.25) is 9.78 Å². The number of rotatable bonds is 0. The second-order valence-corrected chi connectivity index (χ2v) is 3.01. The van der Waals surface area contributed by atoms with Crippen LogP contribution in [0.1, 0.15) is 0 Å². The maximum absolute atomic E-state index is 11.3. The first kappa shape index (κ1) is 7.44. The summed E-state index contributed by atoms with van der Waals surface area (Å²) in [5.74, 6) is 0. The number of hydrogen-bond acceptors (Lipinski definition) is 2. The van der Waals surface area contributed by atoms with Gasteiger partial charge in [-0.25, -0.2) is 0 Å². The first-order chi connectivity index (χ1) is 5.79. The zero-order valence-electron chi connectivity index (χ0n) is 6.24. The van der Waals surface area contributed by atoms with Crippen molar-refractivity contribution in [2.45, 2.75) is 0 Å². The minimum Gasteiger partial charge on any atom is -0.328 e. The predicted molar refractivity (Wildman–Crippen MR) is 51.7 cm³/mol. The van der Waals surface area contributed by atoms with E-state index >= 15 is 0 Å². The van der Waals surface area contributed by atoms with Crippen molar-refractivity contribution in [2.24, 2.45) is 0 Å². The Labute approximate surface area is 71.0 Å². The maximum atomic E-state index is 11.3. The molecule has 0 aliphatic rings. The molecule has 4 heteroatoms. The van der Waals surface area contributed by atoms with Gasteiger partial charge in [-0.15, -0.1) is 0 Å². The molecule has 0 spiro atoms. The first-order valence-corrected chi connectivity index (χ1v) is 4.08. The van der Waals surface area contributed by atoms with Crippen LogP contribution in [0, 0.1) is 0 Å². The van der Waals surface area contributed by atoms with Crippen molar-refractivity contribution < 1.29 is 0 Å². The van der Waals surface area contributed by atoms with Crippen molar-refractivity contribution in [2.75, 3.05) is 0 Å². The van der Waals surface area contributed by atoms with Gasteiger partial charge in [0, 0.05) is 12.4 Å². The fraction of sp³-hybridized carbons (Fsp3) is 0. The number of pyridine rings is 2. The van der Waals surface area contributed by atoms with Gasteiger partial charge in [0.15, 0.2) is 0 Å². The lowest BCUT2D eigenvalue weighted by atomic mass is 10.2. The van der Waals surface area contributed by atoms with Crippen LogP contribution in [0.15, 0.2) is 29.3 Å². The van der Waals surface area contributed by atoms with E-state index in [0.29, 0.717) is 10.8 Å². The van der Waals surface area contributed by atoms with Gasteiger partial charge in [-0.1, -0.05) is 9.24 Å². The van der Waals surface area contributed by atoms with Gasteiger partial charge in [-0.2, -0.15) is 0 Å². The molecule has 0 aromatic carbocycles.